The summed E-state index contributed by atoms with van der Waals surface area (Å²) in [5.74, 6) is -1.25. The Morgan fingerprint density at radius 1 is 1.19 bits per heavy atom. The normalized spacial score (nSPS) is 14.0. The Bertz CT molecular complexity index is 230. The third-order valence-corrected chi connectivity index (χ3v) is 2.40. The highest BCUT2D eigenvalue weighted by Crippen LogP contribution is 2.17. The molecular weight excluding hydrogens is 210 g/mol. The van der Waals surface area contributed by atoms with Crippen molar-refractivity contribution >= 4 is 11.9 Å². The summed E-state index contributed by atoms with van der Waals surface area (Å²) in [6.07, 6.45) is 0.157. The summed E-state index contributed by atoms with van der Waals surface area (Å²) in [7, 11) is 0. The molecule has 0 aliphatic heterocycles. The van der Waals surface area contributed by atoms with Crippen molar-refractivity contribution in [1.82, 2.24) is 0 Å². The van der Waals surface area contributed by atoms with Crippen LogP contribution in [0, 0.1) is 11.8 Å². The lowest BCUT2D eigenvalue weighted by molar-refractivity contribution is -0.151. The highest BCUT2D eigenvalue weighted by Gasteiger charge is 2.26. The maximum absolute atomic E-state index is 11.5. The molecule has 2 unspecified atom stereocenters. The molecule has 0 radical (unpaired) electrons. The fourth-order valence-corrected chi connectivity index (χ4v) is 1.36. The number of hydrogen-bond acceptors (Lipinski definition) is 5. The molecule has 0 heterocycles. The first-order valence-corrected chi connectivity index (χ1v) is 5.59. The second kappa shape index (κ2) is 8.10. The Kier molecular flexibility index (Phi) is 7.54. The molecule has 2 atom stereocenters. The quantitative estimate of drug-likeness (QED) is 0.653. The van der Waals surface area contributed by atoms with E-state index in [0.717, 1.165) is 0 Å². The number of nitrogens with two attached hydrogens (primary N) is 1. The third kappa shape index (κ3) is 5.11. The van der Waals surface area contributed by atoms with Gasteiger partial charge in [0, 0.05) is 0 Å². The number of ether oxygens (including phenoxy) is 2. The minimum Gasteiger partial charge on any atom is -0.466 e. The van der Waals surface area contributed by atoms with Crippen LogP contribution in [0.2, 0.25) is 0 Å². The average molecular weight is 231 g/mol. The summed E-state index contributed by atoms with van der Waals surface area (Å²) < 4.78 is 9.70. The molecule has 0 spiro atoms. The molecule has 0 saturated heterocycles. The second-order valence-electron chi connectivity index (χ2n) is 3.55. The van der Waals surface area contributed by atoms with Crippen molar-refractivity contribution in [3.8, 4) is 0 Å². The van der Waals surface area contributed by atoms with Crippen molar-refractivity contribution in [3.63, 3.8) is 0 Å². The van der Waals surface area contributed by atoms with Gasteiger partial charge in [0.15, 0.2) is 0 Å². The van der Waals surface area contributed by atoms with Crippen LogP contribution in [-0.2, 0) is 19.1 Å². The fourth-order valence-electron chi connectivity index (χ4n) is 1.36. The van der Waals surface area contributed by atoms with Gasteiger partial charge in [0.25, 0.3) is 0 Å². The molecule has 0 aromatic heterocycles. The third-order valence-electron chi connectivity index (χ3n) is 2.40. The second-order valence-corrected chi connectivity index (χ2v) is 3.55. The van der Waals surface area contributed by atoms with Gasteiger partial charge in [-0.05, 0) is 26.3 Å². The number of rotatable bonds is 7. The van der Waals surface area contributed by atoms with Crippen molar-refractivity contribution in [2.45, 2.75) is 27.2 Å². The van der Waals surface area contributed by atoms with E-state index in [1.165, 1.54) is 0 Å². The lowest BCUT2D eigenvalue weighted by atomic mass is 9.91. The van der Waals surface area contributed by atoms with Crippen LogP contribution >= 0.6 is 0 Å². The first-order chi connectivity index (χ1) is 7.56. The van der Waals surface area contributed by atoms with Gasteiger partial charge < -0.3 is 15.2 Å². The predicted molar refractivity (Wildman–Crippen MR) is 59.6 cm³/mol. The molecule has 0 rings (SSSR count). The Hall–Kier alpha value is -1.10. The Morgan fingerprint density at radius 2 is 1.75 bits per heavy atom. The zero-order valence-electron chi connectivity index (χ0n) is 10.2. The summed E-state index contributed by atoms with van der Waals surface area (Å²) in [5.41, 5.74) is 5.54. The van der Waals surface area contributed by atoms with Crippen molar-refractivity contribution < 1.29 is 19.1 Å². The van der Waals surface area contributed by atoms with Crippen LogP contribution in [0.15, 0.2) is 0 Å². The smallest absolute Gasteiger partial charge is 0.308 e. The van der Waals surface area contributed by atoms with Gasteiger partial charge in [0.05, 0.1) is 25.6 Å². The van der Waals surface area contributed by atoms with Gasteiger partial charge in [-0.25, -0.2) is 0 Å². The Labute approximate surface area is 96.3 Å². The van der Waals surface area contributed by atoms with Crippen LogP contribution in [0.5, 0.6) is 0 Å². The van der Waals surface area contributed by atoms with Gasteiger partial charge in [-0.2, -0.15) is 0 Å². The van der Waals surface area contributed by atoms with E-state index in [-0.39, 0.29) is 36.7 Å². The standard InChI is InChI=1S/C11H21NO4/c1-4-15-10(13)6-9(7-12)8(3)11(14)16-5-2/h8-9H,4-7,12H2,1-3H3. The number of hydrogen-bond donors (Lipinski definition) is 1. The summed E-state index contributed by atoms with van der Waals surface area (Å²) >= 11 is 0. The molecule has 0 fully saturated rings. The first-order valence-electron chi connectivity index (χ1n) is 5.59. The van der Waals surface area contributed by atoms with Crippen molar-refractivity contribution in [3.05, 3.63) is 0 Å². The van der Waals surface area contributed by atoms with E-state index in [1.54, 1.807) is 20.8 Å². The van der Waals surface area contributed by atoms with Gasteiger partial charge >= 0.3 is 11.9 Å². The maximum atomic E-state index is 11.5. The summed E-state index contributed by atoms with van der Waals surface area (Å²) in [6, 6.07) is 0. The SMILES string of the molecule is CCOC(=O)CC(CN)C(C)C(=O)OCC. The molecule has 0 aliphatic carbocycles. The van der Waals surface area contributed by atoms with E-state index in [1.807, 2.05) is 0 Å². The van der Waals surface area contributed by atoms with Gasteiger partial charge in [0.1, 0.15) is 0 Å². The van der Waals surface area contributed by atoms with Gasteiger partial charge in [-0.3, -0.25) is 9.59 Å². The van der Waals surface area contributed by atoms with Crippen LogP contribution in [-0.4, -0.2) is 31.7 Å². The molecule has 0 aromatic rings. The number of esters is 2. The van der Waals surface area contributed by atoms with Gasteiger partial charge in [-0.15, -0.1) is 0 Å². The molecule has 94 valence electrons. The van der Waals surface area contributed by atoms with Crippen LogP contribution in [0.1, 0.15) is 27.2 Å². The van der Waals surface area contributed by atoms with E-state index in [4.69, 9.17) is 15.2 Å². The van der Waals surface area contributed by atoms with E-state index < -0.39 is 0 Å². The lowest BCUT2D eigenvalue weighted by Crippen LogP contribution is -2.31. The van der Waals surface area contributed by atoms with Gasteiger partial charge in [-0.1, -0.05) is 6.92 Å². The first kappa shape index (κ1) is 14.9. The van der Waals surface area contributed by atoms with E-state index in [0.29, 0.717) is 13.2 Å². The minimum absolute atomic E-state index is 0.157. The lowest BCUT2D eigenvalue weighted by Gasteiger charge is -2.19. The Morgan fingerprint density at radius 3 is 2.19 bits per heavy atom. The molecule has 5 nitrogen and oxygen atoms in total. The number of carbonyl (C=O) groups is 2. The number of carbonyl (C=O) groups excluding carboxylic acids is 2. The topological polar surface area (TPSA) is 78.6 Å². The zero-order valence-corrected chi connectivity index (χ0v) is 10.2. The Balaban J connectivity index is 4.25. The highest BCUT2D eigenvalue weighted by atomic mass is 16.5. The van der Waals surface area contributed by atoms with Gasteiger partial charge in [0.2, 0.25) is 0 Å². The van der Waals surface area contributed by atoms with Crippen molar-refractivity contribution in [1.29, 1.82) is 0 Å². The van der Waals surface area contributed by atoms with Crippen LogP contribution in [0.4, 0.5) is 0 Å². The molecular formula is C11H21NO4. The maximum Gasteiger partial charge on any atom is 0.308 e. The minimum atomic E-state index is -0.380. The molecule has 2 N–H and O–H groups in total. The van der Waals surface area contributed by atoms with Crippen LogP contribution in [0.3, 0.4) is 0 Å². The van der Waals surface area contributed by atoms with Crippen molar-refractivity contribution in [2.75, 3.05) is 19.8 Å². The van der Waals surface area contributed by atoms with E-state index >= 15 is 0 Å². The van der Waals surface area contributed by atoms with Crippen LogP contribution in [0.25, 0.3) is 0 Å². The van der Waals surface area contributed by atoms with Crippen LogP contribution < -0.4 is 5.73 Å². The molecule has 0 saturated carbocycles. The molecule has 0 aliphatic rings. The van der Waals surface area contributed by atoms with E-state index in [9.17, 15) is 9.59 Å². The summed E-state index contributed by atoms with van der Waals surface area (Å²) in [5, 5.41) is 0. The molecule has 16 heavy (non-hydrogen) atoms. The van der Waals surface area contributed by atoms with E-state index in [2.05, 4.69) is 0 Å². The summed E-state index contributed by atoms with van der Waals surface area (Å²) in [4.78, 5) is 22.7. The summed E-state index contributed by atoms with van der Waals surface area (Å²) in [6.45, 7) is 6.13. The average Bonchev–Trinajstić information content (AvgIpc) is 2.25. The largest absolute Gasteiger partial charge is 0.466 e. The molecule has 0 bridgehead atoms. The zero-order chi connectivity index (χ0) is 12.6. The predicted octanol–water partition coefficient (Wildman–Crippen LogP) is 0.714. The molecule has 0 aromatic carbocycles. The monoisotopic (exact) mass is 231 g/mol. The fraction of sp³-hybridized carbons (Fsp3) is 0.818. The van der Waals surface area contributed by atoms with Crippen molar-refractivity contribution in [2.24, 2.45) is 17.6 Å². The molecule has 0 amide bonds. The highest BCUT2D eigenvalue weighted by molar-refractivity contribution is 5.75. The molecule has 5 heteroatoms.